The van der Waals surface area contributed by atoms with E-state index in [1.54, 1.807) is 0 Å². The SMILES string of the molecule is c1ccc2c(c1)-c1c(N(c3ccc(-c4ccc5cc(-c6ccc7ccccc7c6)ccc5c4)cc3)c3ccc4c(c3)sc3ccccc34)cccc1C21c2cc(C3CCCCC3)ccc2-c2ccc(C3CCCCC3)cc21. The van der Waals surface area contributed by atoms with E-state index in [9.17, 15) is 0 Å². The lowest BCUT2D eigenvalue weighted by Gasteiger charge is -2.33. The van der Waals surface area contributed by atoms with Crippen LogP contribution in [0.2, 0.25) is 0 Å². The van der Waals surface area contributed by atoms with Crippen molar-refractivity contribution in [3.8, 4) is 44.5 Å². The molecule has 0 aliphatic heterocycles. The van der Waals surface area contributed by atoms with Gasteiger partial charge in [0.2, 0.25) is 0 Å². The summed E-state index contributed by atoms with van der Waals surface area (Å²) in [5, 5.41) is 7.67. The maximum Gasteiger partial charge on any atom is 0.0726 e. The van der Waals surface area contributed by atoms with Gasteiger partial charge in [-0.25, -0.2) is 0 Å². The quantitative estimate of drug-likeness (QED) is 0.154. The Labute approximate surface area is 456 Å². The van der Waals surface area contributed by atoms with Crippen LogP contribution in [0.25, 0.3) is 86.2 Å². The maximum absolute atomic E-state index is 2.69. The summed E-state index contributed by atoms with van der Waals surface area (Å²) in [5.41, 5.74) is 22.3. The van der Waals surface area contributed by atoms with Gasteiger partial charge in [0.1, 0.15) is 0 Å². The van der Waals surface area contributed by atoms with Crippen LogP contribution in [0.3, 0.4) is 0 Å². The zero-order valence-electron chi connectivity index (χ0n) is 43.4. The highest BCUT2D eigenvalue weighted by Crippen LogP contribution is 2.65. The molecule has 1 nitrogen and oxygen atoms in total. The van der Waals surface area contributed by atoms with Crippen molar-refractivity contribution in [3.63, 3.8) is 0 Å². The van der Waals surface area contributed by atoms with E-state index in [2.05, 4.69) is 229 Å². The summed E-state index contributed by atoms with van der Waals surface area (Å²) in [6.45, 7) is 0. The first-order valence-electron chi connectivity index (χ1n) is 28.5. The minimum absolute atomic E-state index is 0.445. The smallest absolute Gasteiger partial charge is 0.0726 e. The topological polar surface area (TPSA) is 3.24 Å². The molecule has 370 valence electrons. The minimum Gasteiger partial charge on any atom is -0.310 e. The Morgan fingerprint density at radius 1 is 0.338 bits per heavy atom. The Kier molecular flexibility index (Phi) is 10.6. The molecule has 11 aromatic carbocycles. The predicted octanol–water partition coefficient (Wildman–Crippen LogP) is 21.6. The van der Waals surface area contributed by atoms with E-state index in [-0.39, 0.29) is 0 Å². The number of rotatable bonds is 7. The van der Waals surface area contributed by atoms with E-state index in [1.165, 1.54) is 195 Å². The molecule has 4 aliphatic carbocycles. The summed E-state index contributed by atoms with van der Waals surface area (Å²) in [7, 11) is 0. The van der Waals surface area contributed by atoms with Crippen molar-refractivity contribution >= 4 is 70.1 Å². The monoisotopic (exact) mass is 1010 g/mol. The highest BCUT2D eigenvalue weighted by atomic mass is 32.1. The van der Waals surface area contributed by atoms with E-state index in [0.717, 1.165) is 5.69 Å². The number of fused-ring (bicyclic) bond motifs is 15. The van der Waals surface area contributed by atoms with Crippen LogP contribution in [0, 0.1) is 0 Å². The third kappa shape index (κ3) is 7.18. The van der Waals surface area contributed by atoms with Crippen LogP contribution in [0.5, 0.6) is 0 Å². The largest absolute Gasteiger partial charge is 0.310 e. The Bertz CT molecular complexity index is 4250. The first-order valence-corrected chi connectivity index (χ1v) is 29.3. The third-order valence-corrected chi connectivity index (χ3v) is 19.8. The molecule has 0 unspecified atom stereocenters. The molecule has 1 aromatic heterocycles. The Balaban J connectivity index is 0.863. The molecule has 2 heteroatoms. The average Bonchev–Trinajstić information content (AvgIpc) is 4.13. The summed E-state index contributed by atoms with van der Waals surface area (Å²) in [5.74, 6) is 1.22. The van der Waals surface area contributed by atoms with E-state index in [1.807, 2.05) is 11.3 Å². The van der Waals surface area contributed by atoms with Crippen LogP contribution in [0.15, 0.2) is 224 Å². The average molecular weight is 1010 g/mol. The Morgan fingerprint density at radius 3 is 1.56 bits per heavy atom. The van der Waals surface area contributed by atoms with Crippen LogP contribution in [0.4, 0.5) is 17.1 Å². The minimum atomic E-state index is -0.445. The Hall–Kier alpha value is -8.04. The van der Waals surface area contributed by atoms with E-state index in [4.69, 9.17) is 0 Å². The fourth-order valence-electron chi connectivity index (χ4n) is 14.9. The molecule has 1 spiro atoms. The van der Waals surface area contributed by atoms with Crippen LogP contribution < -0.4 is 4.90 Å². The molecule has 0 saturated heterocycles. The van der Waals surface area contributed by atoms with Gasteiger partial charge in [0.05, 0.1) is 11.1 Å². The molecule has 16 rings (SSSR count). The van der Waals surface area contributed by atoms with Gasteiger partial charge in [-0.1, -0.05) is 208 Å². The van der Waals surface area contributed by atoms with Crippen molar-refractivity contribution in [3.05, 3.63) is 258 Å². The van der Waals surface area contributed by atoms with Crippen molar-refractivity contribution in [2.45, 2.75) is 81.5 Å². The van der Waals surface area contributed by atoms with Gasteiger partial charge < -0.3 is 4.90 Å². The number of benzene rings is 11. The van der Waals surface area contributed by atoms with E-state index < -0.39 is 5.41 Å². The number of hydrogen-bond donors (Lipinski definition) is 0. The van der Waals surface area contributed by atoms with Crippen LogP contribution in [0.1, 0.15) is 109 Å². The number of nitrogens with zero attached hydrogens (tertiary/aromatic N) is 1. The summed E-state index contributed by atoms with van der Waals surface area (Å²) >= 11 is 1.90. The zero-order chi connectivity index (χ0) is 50.6. The molecule has 2 saturated carbocycles. The first-order chi connectivity index (χ1) is 38.1. The van der Waals surface area contributed by atoms with Crippen molar-refractivity contribution in [2.75, 3.05) is 4.90 Å². The fraction of sp³-hybridized carbons (Fsp3) is 0.173. The summed E-state index contributed by atoms with van der Waals surface area (Å²) in [6.07, 6.45) is 13.2. The van der Waals surface area contributed by atoms with Crippen LogP contribution >= 0.6 is 11.3 Å². The molecule has 12 aromatic rings. The fourth-order valence-corrected chi connectivity index (χ4v) is 16.0. The second-order valence-corrected chi connectivity index (χ2v) is 23.9. The highest BCUT2D eigenvalue weighted by Gasteiger charge is 2.53. The van der Waals surface area contributed by atoms with Gasteiger partial charge in [0, 0.05) is 37.1 Å². The number of anilines is 3. The molecule has 77 heavy (non-hydrogen) atoms. The van der Waals surface area contributed by atoms with Crippen molar-refractivity contribution in [2.24, 2.45) is 0 Å². The summed E-state index contributed by atoms with van der Waals surface area (Å²) in [6, 6.07) is 86.9. The van der Waals surface area contributed by atoms with E-state index >= 15 is 0 Å². The van der Waals surface area contributed by atoms with Gasteiger partial charge in [-0.15, -0.1) is 11.3 Å². The lowest BCUT2D eigenvalue weighted by Crippen LogP contribution is -2.26. The number of hydrogen-bond acceptors (Lipinski definition) is 2. The molecule has 1 heterocycles. The van der Waals surface area contributed by atoms with Gasteiger partial charge in [0.15, 0.2) is 0 Å². The molecule has 0 amide bonds. The normalized spacial score (nSPS) is 15.8. The molecule has 4 aliphatic rings. The van der Waals surface area contributed by atoms with Crippen molar-refractivity contribution in [1.82, 2.24) is 0 Å². The van der Waals surface area contributed by atoms with Gasteiger partial charge in [-0.3, -0.25) is 0 Å². The van der Waals surface area contributed by atoms with Gasteiger partial charge in [-0.05, 0) is 186 Å². The molecular formula is C75H59NS. The molecular weight excluding hydrogens is 947 g/mol. The van der Waals surface area contributed by atoms with Crippen molar-refractivity contribution < 1.29 is 0 Å². The van der Waals surface area contributed by atoms with E-state index in [0.29, 0.717) is 11.8 Å². The lowest BCUT2D eigenvalue weighted by atomic mass is 9.69. The van der Waals surface area contributed by atoms with Crippen LogP contribution in [-0.2, 0) is 5.41 Å². The molecule has 0 atom stereocenters. The first kappa shape index (κ1) is 45.2. The van der Waals surface area contributed by atoms with Crippen molar-refractivity contribution in [1.29, 1.82) is 0 Å². The maximum atomic E-state index is 2.69. The predicted molar refractivity (Wildman–Crippen MR) is 328 cm³/mol. The molecule has 0 bridgehead atoms. The summed E-state index contributed by atoms with van der Waals surface area (Å²) in [4.78, 5) is 2.57. The zero-order valence-corrected chi connectivity index (χ0v) is 44.3. The lowest BCUT2D eigenvalue weighted by molar-refractivity contribution is 0.443. The van der Waals surface area contributed by atoms with Crippen LogP contribution in [-0.4, -0.2) is 0 Å². The molecule has 0 radical (unpaired) electrons. The summed E-state index contributed by atoms with van der Waals surface area (Å²) < 4.78 is 2.63. The standard InChI is InChI=1S/C75H59NS/c1-3-14-48(15-4-1)58-34-39-62-63-40-35-59(49-16-5-2-6-17-49)46-70(63)75(69(62)45-58)67-22-11-9-21-66(67)74-68(75)23-13-24-71(74)76(61-38-41-65-64-20-10-12-25-72(64)77-73(65)47-61)60-36-32-51(33-37-60)53-28-29-56-44-57(31-30-55(56)43-53)54-27-26-50-18-7-8-19-52(50)42-54/h7-13,18-49H,1-6,14-17H2. The Morgan fingerprint density at radius 2 is 0.870 bits per heavy atom. The highest BCUT2D eigenvalue weighted by molar-refractivity contribution is 7.25. The van der Waals surface area contributed by atoms with Gasteiger partial charge >= 0.3 is 0 Å². The van der Waals surface area contributed by atoms with Gasteiger partial charge in [-0.2, -0.15) is 0 Å². The second-order valence-electron chi connectivity index (χ2n) is 22.8. The van der Waals surface area contributed by atoms with Gasteiger partial charge in [0.25, 0.3) is 0 Å². The third-order valence-electron chi connectivity index (χ3n) is 18.6. The molecule has 0 N–H and O–H groups in total. The molecule has 2 fully saturated rings. The number of thiophene rings is 1. The second kappa shape index (κ2) is 18.0.